The van der Waals surface area contributed by atoms with Gasteiger partial charge in [-0.2, -0.15) is 13.2 Å². The minimum absolute atomic E-state index is 0.313. The number of methoxy groups -OCH3 is 1. The molecule has 3 rings (SSSR count). The van der Waals surface area contributed by atoms with Crippen molar-refractivity contribution in [3.63, 3.8) is 0 Å². The van der Waals surface area contributed by atoms with Gasteiger partial charge in [0.25, 0.3) is 0 Å². The van der Waals surface area contributed by atoms with E-state index >= 15 is 0 Å². The highest BCUT2D eigenvalue weighted by molar-refractivity contribution is 5.40. The second-order valence-corrected chi connectivity index (χ2v) is 5.73. The normalized spacial score (nSPS) is 16.1. The molecule has 1 aliphatic rings. The molecule has 1 saturated heterocycles. The predicted molar refractivity (Wildman–Crippen MR) is 85.3 cm³/mol. The first-order chi connectivity index (χ1) is 12.0. The number of nitrogens with zero attached hydrogens (tertiary/aromatic N) is 5. The zero-order valence-corrected chi connectivity index (χ0v) is 13.7. The second kappa shape index (κ2) is 7.22. The van der Waals surface area contributed by atoms with Gasteiger partial charge in [-0.05, 0) is 5.56 Å². The first kappa shape index (κ1) is 17.4. The van der Waals surface area contributed by atoms with E-state index in [-0.39, 0.29) is 0 Å². The average Bonchev–Trinajstić information content (AvgIpc) is 2.62. The number of ether oxygens (including phenoxy) is 1. The number of aromatic nitrogens is 3. The summed E-state index contributed by atoms with van der Waals surface area (Å²) in [5.74, 6) is 0.880. The maximum Gasteiger partial charge on any atom is 0.433 e. The monoisotopic (exact) mass is 353 g/mol. The summed E-state index contributed by atoms with van der Waals surface area (Å²) in [6.45, 7) is 3.42. The SMILES string of the molecule is COc1ccc(CN2CCN(c3cc(C(F)(F)F)ncn3)CC2)cn1. The average molecular weight is 353 g/mol. The van der Waals surface area contributed by atoms with Crippen molar-refractivity contribution in [3.05, 3.63) is 42.0 Å². The fraction of sp³-hybridized carbons (Fsp3) is 0.438. The van der Waals surface area contributed by atoms with E-state index in [1.807, 2.05) is 17.0 Å². The van der Waals surface area contributed by atoms with Crippen LogP contribution in [-0.2, 0) is 12.7 Å². The first-order valence-corrected chi connectivity index (χ1v) is 7.81. The Morgan fingerprint density at radius 3 is 2.44 bits per heavy atom. The highest BCUT2D eigenvalue weighted by Gasteiger charge is 2.33. The summed E-state index contributed by atoms with van der Waals surface area (Å²) in [4.78, 5) is 15.5. The van der Waals surface area contributed by atoms with Gasteiger partial charge in [-0.25, -0.2) is 15.0 Å². The Bertz CT molecular complexity index is 700. The Hall–Kier alpha value is -2.42. The molecule has 0 amide bonds. The molecule has 1 fully saturated rings. The third-order valence-electron chi connectivity index (χ3n) is 4.05. The summed E-state index contributed by atoms with van der Waals surface area (Å²) in [7, 11) is 1.57. The second-order valence-electron chi connectivity index (χ2n) is 5.73. The molecular formula is C16H18F3N5O. The topological polar surface area (TPSA) is 54.4 Å². The quantitative estimate of drug-likeness (QED) is 0.840. The van der Waals surface area contributed by atoms with Crippen LogP contribution < -0.4 is 9.64 Å². The van der Waals surface area contributed by atoms with E-state index in [0.717, 1.165) is 37.6 Å². The zero-order valence-electron chi connectivity index (χ0n) is 13.7. The number of piperazine rings is 1. The van der Waals surface area contributed by atoms with E-state index in [1.54, 1.807) is 13.3 Å². The lowest BCUT2D eigenvalue weighted by atomic mass is 10.2. The van der Waals surface area contributed by atoms with Crippen molar-refractivity contribution >= 4 is 5.82 Å². The largest absolute Gasteiger partial charge is 0.481 e. The van der Waals surface area contributed by atoms with Crippen LogP contribution in [0.5, 0.6) is 5.88 Å². The van der Waals surface area contributed by atoms with Crippen LogP contribution in [0.1, 0.15) is 11.3 Å². The highest BCUT2D eigenvalue weighted by atomic mass is 19.4. The lowest BCUT2D eigenvalue weighted by Gasteiger charge is -2.35. The third-order valence-corrected chi connectivity index (χ3v) is 4.05. The number of rotatable bonds is 4. The van der Waals surface area contributed by atoms with Crippen molar-refractivity contribution < 1.29 is 17.9 Å². The van der Waals surface area contributed by atoms with Gasteiger partial charge >= 0.3 is 6.18 Å². The summed E-state index contributed by atoms with van der Waals surface area (Å²) >= 11 is 0. The summed E-state index contributed by atoms with van der Waals surface area (Å²) in [5, 5.41) is 0. The number of hydrogen-bond donors (Lipinski definition) is 0. The van der Waals surface area contributed by atoms with Crippen LogP contribution in [0.2, 0.25) is 0 Å². The van der Waals surface area contributed by atoms with Gasteiger partial charge in [0.15, 0.2) is 0 Å². The van der Waals surface area contributed by atoms with Gasteiger partial charge < -0.3 is 9.64 Å². The van der Waals surface area contributed by atoms with Crippen molar-refractivity contribution in [3.8, 4) is 5.88 Å². The van der Waals surface area contributed by atoms with E-state index in [2.05, 4.69) is 19.9 Å². The van der Waals surface area contributed by atoms with Gasteiger partial charge in [-0.15, -0.1) is 0 Å². The van der Waals surface area contributed by atoms with E-state index in [0.29, 0.717) is 24.8 Å². The summed E-state index contributed by atoms with van der Waals surface area (Å²) in [5.41, 5.74) is 0.153. The molecule has 0 unspecified atom stereocenters. The Morgan fingerprint density at radius 1 is 1.08 bits per heavy atom. The van der Waals surface area contributed by atoms with Gasteiger partial charge in [0.1, 0.15) is 17.8 Å². The Morgan fingerprint density at radius 2 is 1.84 bits per heavy atom. The number of anilines is 1. The van der Waals surface area contributed by atoms with Crippen LogP contribution >= 0.6 is 0 Å². The molecular weight excluding hydrogens is 335 g/mol. The third kappa shape index (κ3) is 4.36. The van der Waals surface area contributed by atoms with E-state index in [1.165, 1.54) is 0 Å². The zero-order chi connectivity index (χ0) is 17.9. The molecule has 3 heterocycles. The molecule has 2 aromatic rings. The Labute approximate surface area is 143 Å². The molecule has 0 atom stereocenters. The number of halogens is 3. The van der Waals surface area contributed by atoms with Crippen LogP contribution in [0.25, 0.3) is 0 Å². The van der Waals surface area contributed by atoms with Crippen LogP contribution in [0.4, 0.5) is 19.0 Å². The van der Waals surface area contributed by atoms with E-state index < -0.39 is 11.9 Å². The minimum Gasteiger partial charge on any atom is -0.481 e. The fourth-order valence-electron chi connectivity index (χ4n) is 2.69. The van der Waals surface area contributed by atoms with Gasteiger partial charge in [0.05, 0.1) is 7.11 Å². The molecule has 25 heavy (non-hydrogen) atoms. The van der Waals surface area contributed by atoms with Crippen molar-refractivity contribution in [2.24, 2.45) is 0 Å². The molecule has 0 spiro atoms. The minimum atomic E-state index is -4.46. The molecule has 1 aliphatic heterocycles. The first-order valence-electron chi connectivity index (χ1n) is 7.81. The molecule has 0 N–H and O–H groups in total. The summed E-state index contributed by atoms with van der Waals surface area (Å²) in [6, 6.07) is 4.77. The van der Waals surface area contributed by atoms with Crippen LogP contribution in [-0.4, -0.2) is 53.1 Å². The molecule has 0 aromatic carbocycles. The van der Waals surface area contributed by atoms with E-state index in [4.69, 9.17) is 4.74 Å². The van der Waals surface area contributed by atoms with Crippen molar-refractivity contribution in [1.82, 2.24) is 19.9 Å². The lowest BCUT2D eigenvalue weighted by molar-refractivity contribution is -0.141. The molecule has 6 nitrogen and oxygen atoms in total. The highest BCUT2D eigenvalue weighted by Crippen LogP contribution is 2.29. The smallest absolute Gasteiger partial charge is 0.433 e. The molecule has 0 bridgehead atoms. The molecule has 9 heteroatoms. The van der Waals surface area contributed by atoms with Gasteiger partial charge in [-0.1, -0.05) is 6.07 Å². The lowest BCUT2D eigenvalue weighted by Crippen LogP contribution is -2.46. The van der Waals surface area contributed by atoms with Crippen molar-refractivity contribution in [2.75, 3.05) is 38.2 Å². The molecule has 0 saturated carbocycles. The van der Waals surface area contributed by atoms with Crippen LogP contribution in [0, 0.1) is 0 Å². The van der Waals surface area contributed by atoms with Gasteiger partial charge in [-0.3, -0.25) is 4.90 Å². The summed E-state index contributed by atoms with van der Waals surface area (Å²) in [6.07, 6.45) is -1.72. The van der Waals surface area contributed by atoms with Crippen molar-refractivity contribution in [1.29, 1.82) is 0 Å². The van der Waals surface area contributed by atoms with E-state index in [9.17, 15) is 13.2 Å². The maximum atomic E-state index is 12.8. The number of alkyl halides is 3. The maximum absolute atomic E-state index is 12.8. The number of hydrogen-bond acceptors (Lipinski definition) is 6. The molecule has 134 valence electrons. The number of pyridine rings is 1. The van der Waals surface area contributed by atoms with Crippen LogP contribution in [0.15, 0.2) is 30.7 Å². The molecule has 0 radical (unpaired) electrons. The van der Waals surface area contributed by atoms with Crippen molar-refractivity contribution in [2.45, 2.75) is 12.7 Å². The van der Waals surface area contributed by atoms with Gasteiger partial charge in [0.2, 0.25) is 5.88 Å². The molecule has 0 aliphatic carbocycles. The van der Waals surface area contributed by atoms with Crippen LogP contribution in [0.3, 0.4) is 0 Å². The van der Waals surface area contributed by atoms with Gasteiger partial charge in [0, 0.05) is 51.1 Å². The molecule has 2 aromatic heterocycles. The predicted octanol–water partition coefficient (Wildman–Crippen LogP) is 2.22. The standard InChI is InChI=1S/C16H18F3N5O/c1-25-15-3-2-12(9-20-15)10-23-4-6-24(7-5-23)14-8-13(16(17,18)19)21-11-22-14/h2-3,8-9,11H,4-7,10H2,1H3. The summed E-state index contributed by atoms with van der Waals surface area (Å²) < 4.78 is 43.3. The Balaban J connectivity index is 1.58. The fourth-order valence-corrected chi connectivity index (χ4v) is 2.69. The Kier molecular flexibility index (Phi) is 5.03.